The fourth-order valence-corrected chi connectivity index (χ4v) is 6.22. The van der Waals surface area contributed by atoms with Gasteiger partial charge in [-0.25, -0.2) is 13.2 Å². The largest absolute Gasteiger partial charge is 0.420 e. The molecule has 8 nitrogen and oxygen atoms in total. The Bertz CT molecular complexity index is 1330. The lowest BCUT2D eigenvalue weighted by molar-refractivity contribution is -0.116. The lowest BCUT2D eigenvalue weighted by atomic mass is 9.94. The SMILES string of the molecule is CCc1cccc(NC(=O)Cn2c(=O)oc3cc(S(=O)(=O)N4C[C@H](C)C[C@@H](C)C4)ccc32)c1. The molecule has 176 valence electrons. The number of amides is 1. The van der Waals surface area contributed by atoms with Crippen LogP contribution in [0.2, 0.25) is 0 Å². The molecule has 1 fully saturated rings. The second-order valence-corrected chi connectivity index (χ2v) is 10.9. The van der Waals surface area contributed by atoms with E-state index in [2.05, 4.69) is 5.32 Å². The zero-order valence-corrected chi connectivity index (χ0v) is 19.9. The number of aromatic nitrogens is 1. The topological polar surface area (TPSA) is 102 Å². The highest BCUT2D eigenvalue weighted by Gasteiger charge is 2.32. The quantitative estimate of drug-likeness (QED) is 0.593. The maximum Gasteiger partial charge on any atom is 0.420 e. The van der Waals surface area contributed by atoms with Crippen molar-refractivity contribution >= 4 is 32.7 Å². The van der Waals surface area contributed by atoms with Gasteiger partial charge < -0.3 is 9.73 Å². The van der Waals surface area contributed by atoms with Gasteiger partial charge in [0.05, 0.1) is 10.4 Å². The average molecular weight is 472 g/mol. The summed E-state index contributed by atoms with van der Waals surface area (Å²) >= 11 is 0. The zero-order valence-electron chi connectivity index (χ0n) is 19.1. The van der Waals surface area contributed by atoms with E-state index in [1.54, 1.807) is 6.07 Å². The Morgan fingerprint density at radius 3 is 2.55 bits per heavy atom. The number of rotatable bonds is 6. The van der Waals surface area contributed by atoms with Gasteiger partial charge in [0, 0.05) is 24.8 Å². The van der Waals surface area contributed by atoms with Crippen LogP contribution in [0.4, 0.5) is 5.69 Å². The van der Waals surface area contributed by atoms with E-state index in [1.807, 2.05) is 39.0 Å². The van der Waals surface area contributed by atoms with Gasteiger partial charge in [-0.15, -0.1) is 0 Å². The second kappa shape index (κ2) is 9.15. The summed E-state index contributed by atoms with van der Waals surface area (Å²) in [5, 5.41) is 2.79. The van der Waals surface area contributed by atoms with Gasteiger partial charge in [0.1, 0.15) is 6.54 Å². The summed E-state index contributed by atoms with van der Waals surface area (Å²) in [6, 6.07) is 11.9. The molecular weight excluding hydrogens is 442 g/mol. The number of anilines is 1. The van der Waals surface area contributed by atoms with Gasteiger partial charge in [-0.1, -0.05) is 32.9 Å². The van der Waals surface area contributed by atoms with E-state index in [9.17, 15) is 18.0 Å². The predicted octanol–water partition coefficient (Wildman–Crippen LogP) is 3.46. The van der Waals surface area contributed by atoms with Gasteiger partial charge >= 0.3 is 5.76 Å². The zero-order chi connectivity index (χ0) is 23.8. The summed E-state index contributed by atoms with van der Waals surface area (Å²) in [5.41, 5.74) is 2.25. The van der Waals surface area contributed by atoms with Crippen molar-refractivity contribution in [1.29, 1.82) is 0 Å². The number of carbonyl (C=O) groups is 1. The molecule has 4 rings (SSSR count). The Kier molecular flexibility index (Phi) is 6.45. The first-order valence-electron chi connectivity index (χ1n) is 11.2. The number of benzene rings is 2. The van der Waals surface area contributed by atoms with E-state index in [4.69, 9.17) is 4.42 Å². The fraction of sp³-hybridized carbons (Fsp3) is 0.417. The molecule has 3 aromatic rings. The first kappa shape index (κ1) is 23.3. The van der Waals surface area contributed by atoms with Gasteiger partial charge in [-0.2, -0.15) is 4.31 Å². The maximum atomic E-state index is 13.2. The summed E-state index contributed by atoms with van der Waals surface area (Å²) in [6.45, 7) is 6.81. The molecule has 0 saturated carbocycles. The van der Waals surface area contributed by atoms with Gasteiger partial charge in [-0.05, 0) is 54.5 Å². The fourth-order valence-electron chi connectivity index (χ4n) is 4.52. The normalized spacial score (nSPS) is 19.6. The van der Waals surface area contributed by atoms with Crippen LogP contribution >= 0.6 is 0 Å². The van der Waals surface area contributed by atoms with Crippen molar-refractivity contribution in [3.8, 4) is 0 Å². The van der Waals surface area contributed by atoms with Crippen molar-refractivity contribution in [2.75, 3.05) is 18.4 Å². The Balaban J connectivity index is 1.57. The number of oxazole rings is 1. The molecule has 1 aromatic heterocycles. The van der Waals surface area contributed by atoms with E-state index in [0.717, 1.165) is 18.4 Å². The molecule has 0 radical (unpaired) electrons. The van der Waals surface area contributed by atoms with Gasteiger partial charge in [-0.3, -0.25) is 9.36 Å². The van der Waals surface area contributed by atoms with Crippen LogP contribution in [0.3, 0.4) is 0 Å². The average Bonchev–Trinajstić information content (AvgIpc) is 3.07. The van der Waals surface area contributed by atoms with Crippen molar-refractivity contribution in [3.05, 3.63) is 58.6 Å². The molecule has 9 heteroatoms. The lowest BCUT2D eigenvalue weighted by Crippen LogP contribution is -2.42. The minimum absolute atomic E-state index is 0.0815. The highest BCUT2D eigenvalue weighted by atomic mass is 32.2. The molecule has 2 atom stereocenters. The van der Waals surface area contributed by atoms with Gasteiger partial charge in [0.25, 0.3) is 0 Å². The van der Waals surface area contributed by atoms with E-state index in [1.165, 1.54) is 27.1 Å². The molecule has 0 unspecified atom stereocenters. The standard InChI is InChI=1S/C24H29N3O5S/c1-4-18-6-5-7-19(11-18)25-23(28)15-27-21-9-8-20(12-22(21)32-24(27)29)33(30,31)26-13-16(2)10-17(3)14-26/h5-9,11-12,16-17H,4,10,13-15H2,1-3H3,(H,25,28)/t16-,17-/m1/s1. The Labute approximate surface area is 193 Å². The van der Waals surface area contributed by atoms with E-state index < -0.39 is 15.8 Å². The Hall–Kier alpha value is -2.91. The summed E-state index contributed by atoms with van der Waals surface area (Å²) in [7, 11) is -3.71. The van der Waals surface area contributed by atoms with Crippen LogP contribution in [0, 0.1) is 11.8 Å². The van der Waals surface area contributed by atoms with Crippen LogP contribution in [0.1, 0.15) is 32.8 Å². The molecule has 0 spiro atoms. The third-order valence-corrected chi connectivity index (χ3v) is 7.86. The highest BCUT2D eigenvalue weighted by Crippen LogP contribution is 2.28. The van der Waals surface area contributed by atoms with Crippen LogP contribution in [0.15, 0.2) is 56.6 Å². The molecule has 1 aliphatic rings. The first-order chi connectivity index (χ1) is 15.7. The monoisotopic (exact) mass is 471 g/mol. The molecule has 33 heavy (non-hydrogen) atoms. The number of piperidine rings is 1. The molecule has 2 heterocycles. The molecule has 2 aromatic carbocycles. The molecule has 0 bridgehead atoms. The van der Waals surface area contributed by atoms with Crippen molar-refractivity contribution < 1.29 is 17.6 Å². The Morgan fingerprint density at radius 1 is 1.12 bits per heavy atom. The summed E-state index contributed by atoms with van der Waals surface area (Å²) in [4.78, 5) is 25.1. The number of hydrogen-bond donors (Lipinski definition) is 1. The number of aryl methyl sites for hydroxylation is 1. The van der Waals surface area contributed by atoms with Crippen LogP contribution < -0.4 is 11.1 Å². The van der Waals surface area contributed by atoms with Crippen molar-refractivity contribution in [2.45, 2.75) is 45.1 Å². The second-order valence-electron chi connectivity index (χ2n) is 8.95. The minimum atomic E-state index is -3.71. The smallest absolute Gasteiger partial charge is 0.408 e. The van der Waals surface area contributed by atoms with Crippen LogP contribution in [-0.2, 0) is 27.8 Å². The lowest BCUT2D eigenvalue weighted by Gasteiger charge is -2.34. The Morgan fingerprint density at radius 2 is 1.85 bits per heavy atom. The van der Waals surface area contributed by atoms with Crippen molar-refractivity contribution in [1.82, 2.24) is 8.87 Å². The number of hydrogen-bond acceptors (Lipinski definition) is 5. The van der Waals surface area contributed by atoms with Crippen molar-refractivity contribution in [2.24, 2.45) is 11.8 Å². The number of nitrogens with zero attached hydrogens (tertiary/aromatic N) is 2. The maximum absolute atomic E-state index is 13.2. The molecule has 1 saturated heterocycles. The first-order valence-corrected chi connectivity index (χ1v) is 12.6. The van der Waals surface area contributed by atoms with Crippen LogP contribution in [-0.4, -0.2) is 36.3 Å². The third-order valence-electron chi connectivity index (χ3n) is 6.03. The number of fused-ring (bicyclic) bond motifs is 1. The molecule has 1 N–H and O–H groups in total. The van der Waals surface area contributed by atoms with Crippen LogP contribution in [0.25, 0.3) is 11.1 Å². The summed E-state index contributed by atoms with van der Waals surface area (Å²) < 4.78 is 34.4. The molecule has 0 aliphatic carbocycles. The molecular formula is C24H29N3O5S. The number of carbonyl (C=O) groups excluding carboxylic acids is 1. The van der Waals surface area contributed by atoms with Gasteiger partial charge in [0.15, 0.2) is 5.58 Å². The number of nitrogens with one attached hydrogen (secondary N) is 1. The van der Waals surface area contributed by atoms with E-state index >= 15 is 0 Å². The van der Waals surface area contributed by atoms with Crippen LogP contribution in [0.5, 0.6) is 0 Å². The minimum Gasteiger partial charge on any atom is -0.408 e. The highest BCUT2D eigenvalue weighted by molar-refractivity contribution is 7.89. The van der Waals surface area contributed by atoms with Gasteiger partial charge in [0.2, 0.25) is 15.9 Å². The molecule has 1 amide bonds. The number of sulfonamides is 1. The van der Waals surface area contributed by atoms with E-state index in [0.29, 0.717) is 24.3 Å². The molecule has 1 aliphatic heterocycles. The predicted molar refractivity (Wildman–Crippen MR) is 127 cm³/mol. The third kappa shape index (κ3) is 4.89. The van der Waals surface area contributed by atoms with Crippen molar-refractivity contribution in [3.63, 3.8) is 0 Å². The summed E-state index contributed by atoms with van der Waals surface area (Å²) in [6.07, 6.45) is 1.84. The summed E-state index contributed by atoms with van der Waals surface area (Å²) in [5.74, 6) is -0.524. The van der Waals surface area contributed by atoms with E-state index in [-0.39, 0.29) is 34.8 Å².